The van der Waals surface area contributed by atoms with E-state index in [1.807, 2.05) is 6.92 Å². The zero-order valence-electron chi connectivity index (χ0n) is 12.8. The van der Waals surface area contributed by atoms with Gasteiger partial charge in [-0.2, -0.15) is 0 Å². The highest BCUT2D eigenvalue weighted by atomic mass is 32.2. The van der Waals surface area contributed by atoms with Crippen molar-refractivity contribution in [3.05, 3.63) is 0 Å². The second kappa shape index (κ2) is 10.4. The molecule has 0 aliphatic heterocycles. The number of hydrogen-bond donors (Lipinski definition) is 0. The maximum absolute atomic E-state index is 12.1. The number of ether oxygens (including phenoxy) is 1. The van der Waals surface area contributed by atoms with Crippen molar-refractivity contribution in [2.45, 2.75) is 27.2 Å². The predicted octanol–water partition coefficient (Wildman–Crippen LogP) is 2.20. The Morgan fingerprint density at radius 3 is 2.38 bits per heavy atom. The summed E-state index contributed by atoms with van der Waals surface area (Å²) < 4.78 is 18.7. The molecule has 21 heavy (non-hydrogen) atoms. The molecule has 0 heterocycles. The van der Waals surface area contributed by atoms with Gasteiger partial charge in [0.05, 0.1) is 6.61 Å². The molecule has 0 spiro atoms. The zero-order chi connectivity index (χ0) is 16.4. The summed E-state index contributed by atoms with van der Waals surface area (Å²) in [6, 6.07) is 0. The molecule has 0 bridgehead atoms. The van der Waals surface area contributed by atoms with E-state index in [1.165, 1.54) is 18.8 Å². The second-order valence-electron chi connectivity index (χ2n) is 3.71. The Kier molecular flexibility index (Phi) is 9.80. The topological polar surface area (TPSA) is 88.5 Å². The number of carbonyl (C=O) groups excluding carboxylic acids is 2. The standard InChI is InChI=1S/C11H21N3O5S2/c1-6-8-18-11(16)14(7-2)21(17)13(4)10(15)19-12-9(3)20-5/h6-8H2,1-5H3/b12-9+. The molecule has 0 saturated heterocycles. The minimum absolute atomic E-state index is 0.125. The molecule has 10 heteroatoms. The van der Waals surface area contributed by atoms with Crippen LogP contribution in [0.2, 0.25) is 0 Å². The molecule has 1 atom stereocenters. The van der Waals surface area contributed by atoms with Gasteiger partial charge in [-0.15, -0.1) is 11.8 Å². The van der Waals surface area contributed by atoms with Crippen LogP contribution in [0.1, 0.15) is 27.2 Å². The molecule has 2 amide bonds. The minimum atomic E-state index is -2.04. The molecule has 0 fully saturated rings. The highest BCUT2D eigenvalue weighted by Gasteiger charge is 2.27. The van der Waals surface area contributed by atoms with Crippen LogP contribution in [0, 0.1) is 0 Å². The van der Waals surface area contributed by atoms with E-state index < -0.39 is 23.4 Å². The van der Waals surface area contributed by atoms with E-state index in [2.05, 4.69) is 9.99 Å². The molecule has 0 aromatic heterocycles. The second-order valence-corrected chi connectivity index (χ2v) is 6.16. The summed E-state index contributed by atoms with van der Waals surface area (Å²) >= 11 is -0.736. The molecule has 0 saturated carbocycles. The van der Waals surface area contributed by atoms with Crippen molar-refractivity contribution in [2.24, 2.45) is 5.16 Å². The largest absolute Gasteiger partial charge is 0.449 e. The van der Waals surface area contributed by atoms with Crippen molar-refractivity contribution < 1.29 is 23.4 Å². The highest BCUT2D eigenvalue weighted by Crippen LogP contribution is 2.07. The van der Waals surface area contributed by atoms with Crippen LogP contribution >= 0.6 is 11.8 Å². The summed E-state index contributed by atoms with van der Waals surface area (Å²) in [7, 11) is 1.25. The van der Waals surface area contributed by atoms with E-state index in [0.717, 1.165) is 8.61 Å². The van der Waals surface area contributed by atoms with Crippen LogP contribution < -0.4 is 0 Å². The first-order valence-corrected chi connectivity index (χ1v) is 8.57. The molecule has 0 aromatic carbocycles. The van der Waals surface area contributed by atoms with Gasteiger partial charge in [0.2, 0.25) is 11.2 Å². The number of carbonyl (C=O) groups is 2. The normalized spacial score (nSPS) is 12.5. The molecule has 1 unspecified atom stereocenters. The van der Waals surface area contributed by atoms with Crippen LogP contribution in [-0.2, 0) is 20.7 Å². The maximum atomic E-state index is 12.1. The first-order valence-electron chi connectivity index (χ1n) is 6.28. The molecule has 0 rings (SSSR count). The lowest BCUT2D eigenvalue weighted by molar-refractivity contribution is 0.123. The Morgan fingerprint density at radius 2 is 1.90 bits per heavy atom. The summed E-state index contributed by atoms with van der Waals surface area (Å²) in [5.41, 5.74) is 0. The smallest absolute Gasteiger partial charge is 0.449 e. The lowest BCUT2D eigenvalue weighted by Gasteiger charge is -2.23. The molecule has 0 aromatic rings. The van der Waals surface area contributed by atoms with Gasteiger partial charge in [0.25, 0.3) is 0 Å². The van der Waals surface area contributed by atoms with Gasteiger partial charge < -0.3 is 4.74 Å². The number of hydrogen-bond acceptors (Lipinski definition) is 7. The number of thioether (sulfide) groups is 1. The van der Waals surface area contributed by atoms with Crippen molar-refractivity contribution in [3.8, 4) is 0 Å². The quantitative estimate of drug-likeness (QED) is 0.319. The fourth-order valence-electron chi connectivity index (χ4n) is 0.974. The Labute approximate surface area is 131 Å². The lowest BCUT2D eigenvalue weighted by atomic mass is 10.5. The molecule has 0 N–H and O–H groups in total. The van der Waals surface area contributed by atoms with Crippen LogP contribution in [0.25, 0.3) is 0 Å². The third-order valence-electron chi connectivity index (χ3n) is 2.15. The Morgan fingerprint density at radius 1 is 1.29 bits per heavy atom. The third kappa shape index (κ3) is 6.80. The van der Waals surface area contributed by atoms with Gasteiger partial charge in [0.1, 0.15) is 5.04 Å². The molecule has 0 radical (unpaired) electrons. The summed E-state index contributed by atoms with van der Waals surface area (Å²) in [4.78, 5) is 28.0. The average Bonchev–Trinajstić information content (AvgIpc) is 2.49. The van der Waals surface area contributed by atoms with Gasteiger partial charge in [-0.05, 0) is 26.5 Å². The van der Waals surface area contributed by atoms with Gasteiger partial charge in [0, 0.05) is 13.6 Å². The van der Waals surface area contributed by atoms with Gasteiger partial charge in [0.15, 0.2) is 0 Å². The van der Waals surface area contributed by atoms with Crippen LogP contribution in [0.15, 0.2) is 5.16 Å². The molecule has 0 aliphatic carbocycles. The number of amides is 2. The number of nitrogens with zero attached hydrogens (tertiary/aromatic N) is 3. The Balaban J connectivity index is 4.71. The SMILES string of the molecule is CCCOC(=O)N(CC)S(=O)N(C)C(=O)O/N=C(\C)SC. The summed E-state index contributed by atoms with van der Waals surface area (Å²) in [6.45, 7) is 5.48. The molecule has 122 valence electrons. The lowest BCUT2D eigenvalue weighted by Crippen LogP contribution is -2.43. The first kappa shape index (κ1) is 19.7. The van der Waals surface area contributed by atoms with Gasteiger partial charge in [-0.3, -0.25) is 4.84 Å². The number of rotatable bonds is 6. The van der Waals surface area contributed by atoms with E-state index in [1.54, 1.807) is 20.1 Å². The minimum Gasteiger partial charge on any atom is -0.449 e. The van der Waals surface area contributed by atoms with Gasteiger partial charge in [-0.1, -0.05) is 12.1 Å². The van der Waals surface area contributed by atoms with Crippen molar-refractivity contribution in [2.75, 3.05) is 26.5 Å². The zero-order valence-corrected chi connectivity index (χ0v) is 14.5. The molecular weight excluding hydrogens is 318 g/mol. The monoisotopic (exact) mass is 339 g/mol. The summed E-state index contributed by atoms with van der Waals surface area (Å²) in [6.07, 6.45) is 0.748. The van der Waals surface area contributed by atoms with Crippen LogP contribution in [-0.4, -0.2) is 56.5 Å². The van der Waals surface area contributed by atoms with Crippen molar-refractivity contribution in [3.63, 3.8) is 0 Å². The molecular formula is C11H21N3O5S2. The van der Waals surface area contributed by atoms with E-state index in [-0.39, 0.29) is 13.2 Å². The van der Waals surface area contributed by atoms with Crippen molar-refractivity contribution in [1.82, 2.24) is 8.61 Å². The maximum Gasteiger partial charge on any atom is 0.449 e. The summed E-state index contributed by atoms with van der Waals surface area (Å²) in [5.74, 6) is 0. The Hall–Kier alpha value is -1.29. The fraction of sp³-hybridized carbons (Fsp3) is 0.727. The average molecular weight is 339 g/mol. The van der Waals surface area contributed by atoms with Gasteiger partial charge >= 0.3 is 12.2 Å². The summed E-state index contributed by atoms with van der Waals surface area (Å²) in [5, 5.41) is 4.08. The van der Waals surface area contributed by atoms with Crippen molar-refractivity contribution >= 4 is 40.2 Å². The first-order chi connectivity index (χ1) is 9.88. The van der Waals surface area contributed by atoms with E-state index in [0.29, 0.717) is 11.5 Å². The van der Waals surface area contributed by atoms with E-state index in [4.69, 9.17) is 4.74 Å². The van der Waals surface area contributed by atoms with Gasteiger partial charge in [-0.25, -0.2) is 22.4 Å². The van der Waals surface area contributed by atoms with Crippen LogP contribution in [0.3, 0.4) is 0 Å². The van der Waals surface area contributed by atoms with E-state index >= 15 is 0 Å². The highest BCUT2D eigenvalue weighted by molar-refractivity contribution is 8.13. The number of oxime groups is 1. The third-order valence-corrected chi connectivity index (χ3v) is 4.22. The fourth-order valence-corrected chi connectivity index (χ4v) is 1.94. The molecule has 0 aliphatic rings. The Bertz CT molecular complexity index is 417. The molecule has 8 nitrogen and oxygen atoms in total. The predicted molar refractivity (Wildman–Crippen MR) is 83.0 cm³/mol. The van der Waals surface area contributed by atoms with Crippen molar-refractivity contribution in [1.29, 1.82) is 0 Å². The van der Waals surface area contributed by atoms with E-state index in [9.17, 15) is 13.8 Å². The van der Waals surface area contributed by atoms with Crippen LogP contribution in [0.4, 0.5) is 9.59 Å². The van der Waals surface area contributed by atoms with Crippen LogP contribution in [0.5, 0.6) is 0 Å².